The third-order valence-corrected chi connectivity index (χ3v) is 6.97. The zero-order valence-electron chi connectivity index (χ0n) is 22.1. The van der Waals surface area contributed by atoms with Gasteiger partial charge in [0.2, 0.25) is 5.60 Å². The number of rotatable bonds is 11. The van der Waals surface area contributed by atoms with Crippen molar-refractivity contribution in [2.75, 3.05) is 18.9 Å². The van der Waals surface area contributed by atoms with Crippen LogP contribution in [-0.4, -0.2) is 56.6 Å². The molecule has 3 atom stereocenters. The standard InChI is InChI=1S/C26H34FN5O6/c1-7-11-25(8-2,9-3)13-35-24(34)36-14-26(10-4)17(37-22(33)16(5)6)12-18(38-26)32-15-29-19-20(28)30-23(27)31-21(19)32/h4,7,15-18H,1,8-9,11-14H2,2-3,5-6H3,(H2,28,30,31)/t17-,18+,26+/m0/s1. The molecule has 2 aromatic heterocycles. The number of esters is 1. The summed E-state index contributed by atoms with van der Waals surface area (Å²) in [6.07, 6.45) is 7.40. The second-order valence-corrected chi connectivity index (χ2v) is 9.65. The quantitative estimate of drug-likeness (QED) is 0.196. The zero-order valence-corrected chi connectivity index (χ0v) is 22.1. The van der Waals surface area contributed by atoms with Crippen molar-refractivity contribution in [2.24, 2.45) is 11.3 Å². The number of hydrogen-bond donors (Lipinski definition) is 1. The molecule has 0 aliphatic carbocycles. The predicted molar refractivity (Wildman–Crippen MR) is 136 cm³/mol. The van der Waals surface area contributed by atoms with Crippen LogP contribution in [0.4, 0.5) is 15.0 Å². The molecule has 1 fully saturated rings. The summed E-state index contributed by atoms with van der Waals surface area (Å²) >= 11 is 0. The fourth-order valence-electron chi connectivity index (χ4n) is 4.28. The molecular weight excluding hydrogens is 497 g/mol. The first kappa shape index (κ1) is 28.8. The first-order chi connectivity index (χ1) is 18.0. The molecule has 3 rings (SSSR count). The second-order valence-electron chi connectivity index (χ2n) is 9.65. The van der Waals surface area contributed by atoms with Crippen molar-refractivity contribution in [3.8, 4) is 12.3 Å². The summed E-state index contributed by atoms with van der Waals surface area (Å²) in [5.41, 5.74) is 4.09. The molecule has 12 heteroatoms. The fraction of sp³-hybridized carbons (Fsp3) is 0.577. The average Bonchev–Trinajstić information content (AvgIpc) is 3.47. The zero-order chi connectivity index (χ0) is 28.1. The van der Waals surface area contributed by atoms with Crippen molar-refractivity contribution in [1.82, 2.24) is 19.5 Å². The normalized spacial score (nSPS) is 21.3. The van der Waals surface area contributed by atoms with Crippen LogP contribution < -0.4 is 5.73 Å². The number of hydrogen-bond acceptors (Lipinski definition) is 10. The Bertz CT molecular complexity index is 1220. The Balaban J connectivity index is 1.83. The molecule has 38 heavy (non-hydrogen) atoms. The molecule has 1 aliphatic heterocycles. The summed E-state index contributed by atoms with van der Waals surface area (Å²) in [5, 5.41) is 0. The lowest BCUT2D eigenvalue weighted by Crippen LogP contribution is -2.46. The number of allylic oxidation sites excluding steroid dienone is 1. The van der Waals surface area contributed by atoms with E-state index in [1.54, 1.807) is 19.9 Å². The molecule has 0 saturated carbocycles. The Hall–Kier alpha value is -3.72. The molecule has 1 saturated heterocycles. The summed E-state index contributed by atoms with van der Waals surface area (Å²) < 4.78 is 37.9. The summed E-state index contributed by atoms with van der Waals surface area (Å²) in [6.45, 7) is 10.8. The largest absolute Gasteiger partial charge is 0.508 e. The number of carbonyl (C=O) groups excluding carboxylic acids is 2. The van der Waals surface area contributed by atoms with Gasteiger partial charge in [0.1, 0.15) is 25.5 Å². The lowest BCUT2D eigenvalue weighted by molar-refractivity contribution is -0.163. The topological polar surface area (TPSA) is 141 Å². The Morgan fingerprint density at radius 2 is 2.11 bits per heavy atom. The Morgan fingerprint density at radius 1 is 1.39 bits per heavy atom. The maximum Gasteiger partial charge on any atom is 0.508 e. The van der Waals surface area contributed by atoms with Crippen molar-refractivity contribution in [3.63, 3.8) is 0 Å². The van der Waals surface area contributed by atoms with Gasteiger partial charge in [-0.2, -0.15) is 14.4 Å². The van der Waals surface area contributed by atoms with Crippen LogP contribution in [0.3, 0.4) is 0 Å². The van der Waals surface area contributed by atoms with E-state index in [1.807, 2.05) is 13.8 Å². The maximum absolute atomic E-state index is 13.9. The third kappa shape index (κ3) is 5.88. The van der Waals surface area contributed by atoms with Gasteiger partial charge in [-0.3, -0.25) is 9.36 Å². The summed E-state index contributed by atoms with van der Waals surface area (Å²) in [6, 6.07) is 0. The Labute approximate surface area is 220 Å². The van der Waals surface area contributed by atoms with E-state index in [0.717, 1.165) is 12.8 Å². The van der Waals surface area contributed by atoms with Crippen LogP contribution in [0.1, 0.15) is 59.6 Å². The number of imidazole rings is 1. The van der Waals surface area contributed by atoms with Crippen molar-refractivity contribution in [1.29, 1.82) is 0 Å². The van der Waals surface area contributed by atoms with Crippen LogP contribution in [-0.2, 0) is 23.7 Å². The van der Waals surface area contributed by atoms with Crippen LogP contribution >= 0.6 is 0 Å². The molecule has 2 N–H and O–H groups in total. The van der Waals surface area contributed by atoms with Crippen molar-refractivity contribution in [3.05, 3.63) is 25.1 Å². The summed E-state index contributed by atoms with van der Waals surface area (Å²) in [7, 11) is 0. The number of halogens is 1. The molecule has 0 aromatic carbocycles. The van der Waals surface area contributed by atoms with E-state index < -0.39 is 48.7 Å². The molecule has 0 spiro atoms. The van der Waals surface area contributed by atoms with Crippen molar-refractivity contribution >= 4 is 29.1 Å². The minimum Gasteiger partial charge on any atom is -0.458 e. The molecule has 3 heterocycles. The van der Waals surface area contributed by atoms with Gasteiger partial charge in [0.15, 0.2) is 17.0 Å². The molecule has 1 aliphatic rings. The molecule has 206 valence electrons. The highest BCUT2D eigenvalue weighted by Crippen LogP contribution is 2.40. The maximum atomic E-state index is 13.9. The number of terminal acetylenes is 1. The Kier molecular flexibility index (Phi) is 8.93. The Morgan fingerprint density at radius 3 is 2.71 bits per heavy atom. The van der Waals surface area contributed by atoms with Gasteiger partial charge in [0.05, 0.1) is 12.2 Å². The lowest BCUT2D eigenvalue weighted by atomic mass is 9.80. The summed E-state index contributed by atoms with van der Waals surface area (Å²) in [4.78, 5) is 36.4. The van der Waals surface area contributed by atoms with Gasteiger partial charge in [-0.25, -0.2) is 9.78 Å². The van der Waals surface area contributed by atoms with Gasteiger partial charge in [0, 0.05) is 11.8 Å². The van der Waals surface area contributed by atoms with Crippen LogP contribution in [0.5, 0.6) is 0 Å². The van der Waals surface area contributed by atoms with Gasteiger partial charge in [-0.15, -0.1) is 13.0 Å². The fourth-order valence-corrected chi connectivity index (χ4v) is 4.28. The van der Waals surface area contributed by atoms with Gasteiger partial charge in [-0.1, -0.05) is 39.7 Å². The van der Waals surface area contributed by atoms with Crippen molar-refractivity contribution < 1.29 is 32.9 Å². The highest BCUT2D eigenvalue weighted by molar-refractivity contribution is 5.81. The molecule has 0 bridgehead atoms. The van der Waals surface area contributed by atoms with Gasteiger partial charge in [-0.05, 0) is 19.3 Å². The van der Waals surface area contributed by atoms with Crippen LogP contribution in [0.15, 0.2) is 19.0 Å². The third-order valence-electron chi connectivity index (χ3n) is 6.97. The number of carbonyl (C=O) groups is 2. The summed E-state index contributed by atoms with van der Waals surface area (Å²) in [5.74, 6) is 1.38. The number of nitrogens with two attached hydrogens (primary N) is 1. The monoisotopic (exact) mass is 531 g/mol. The molecular formula is C26H34FN5O6. The van der Waals surface area contributed by atoms with E-state index in [2.05, 4.69) is 27.5 Å². The number of aromatic nitrogens is 4. The van der Waals surface area contributed by atoms with Crippen molar-refractivity contribution in [2.45, 2.75) is 71.3 Å². The molecule has 2 aromatic rings. The number of nitrogen functional groups attached to an aromatic ring is 1. The highest BCUT2D eigenvalue weighted by atomic mass is 19.1. The number of nitrogens with zero attached hydrogens (tertiary/aromatic N) is 4. The minimum absolute atomic E-state index is 0.0478. The van der Waals surface area contributed by atoms with E-state index in [4.69, 9.17) is 31.1 Å². The molecule has 0 radical (unpaired) electrons. The van der Waals surface area contributed by atoms with Crippen LogP contribution in [0, 0.1) is 29.8 Å². The number of ether oxygens (including phenoxy) is 4. The molecule has 11 nitrogen and oxygen atoms in total. The first-order valence-corrected chi connectivity index (χ1v) is 12.5. The van der Waals surface area contributed by atoms with E-state index in [9.17, 15) is 14.0 Å². The van der Waals surface area contributed by atoms with E-state index in [0.29, 0.717) is 6.42 Å². The van der Waals surface area contributed by atoms with Crippen LogP contribution in [0.2, 0.25) is 0 Å². The lowest BCUT2D eigenvalue weighted by Gasteiger charge is -2.31. The van der Waals surface area contributed by atoms with Crippen LogP contribution in [0.25, 0.3) is 11.2 Å². The van der Waals surface area contributed by atoms with E-state index in [1.165, 1.54) is 10.9 Å². The molecule has 0 amide bonds. The van der Waals surface area contributed by atoms with E-state index >= 15 is 0 Å². The highest BCUT2D eigenvalue weighted by Gasteiger charge is 2.52. The molecule has 0 unspecified atom stereocenters. The number of fused-ring (bicyclic) bond motifs is 1. The predicted octanol–water partition coefficient (Wildman–Crippen LogP) is 3.94. The van der Waals surface area contributed by atoms with Gasteiger partial charge in [0.25, 0.3) is 0 Å². The second kappa shape index (κ2) is 11.8. The smallest absolute Gasteiger partial charge is 0.458 e. The minimum atomic E-state index is -1.66. The van der Waals surface area contributed by atoms with Gasteiger partial charge >= 0.3 is 18.2 Å². The van der Waals surface area contributed by atoms with Gasteiger partial charge < -0.3 is 24.7 Å². The number of anilines is 1. The van der Waals surface area contributed by atoms with E-state index in [-0.39, 0.29) is 35.4 Å². The first-order valence-electron chi connectivity index (χ1n) is 12.5. The average molecular weight is 532 g/mol. The SMILES string of the molecule is C#C[C@]1(COC(=O)OCC(CC)(CC)CC=C)O[C@@H](n2cnc3c(N)nc(F)nc32)C[C@@H]1OC(=O)C(C)C.